The Morgan fingerprint density at radius 2 is 2.00 bits per heavy atom. The molecule has 4 nitrogen and oxygen atoms in total. The number of aromatic amines is 1. The van der Waals surface area contributed by atoms with Crippen molar-refractivity contribution in [3.8, 4) is 11.5 Å². The predicted octanol–water partition coefficient (Wildman–Crippen LogP) is 5.28. The topological polar surface area (TPSA) is 47.1 Å². The first-order chi connectivity index (χ1) is 11.4. The Morgan fingerprint density at radius 1 is 1.21 bits per heavy atom. The number of methoxy groups -OCH3 is 1. The van der Waals surface area contributed by atoms with E-state index in [-0.39, 0.29) is 0 Å². The van der Waals surface area contributed by atoms with Crippen molar-refractivity contribution >= 4 is 20.5 Å². The van der Waals surface area contributed by atoms with Crippen molar-refractivity contribution in [3.63, 3.8) is 0 Å². The summed E-state index contributed by atoms with van der Waals surface area (Å²) >= 11 is 0. The molecule has 0 aliphatic rings. The predicted molar refractivity (Wildman–Crippen MR) is 103 cm³/mol. The number of aromatic nitrogens is 2. The smallest absolute Gasteiger partial charge is 0.245 e. The molecular weight excluding hydrogens is 316 g/mol. The van der Waals surface area contributed by atoms with Gasteiger partial charge in [-0.15, -0.1) is 0 Å². The lowest BCUT2D eigenvalue weighted by atomic mass is 10.1. The van der Waals surface area contributed by atoms with E-state index in [1.165, 1.54) is 12.8 Å². The molecule has 24 heavy (non-hydrogen) atoms. The van der Waals surface area contributed by atoms with Gasteiger partial charge in [0, 0.05) is 17.3 Å². The van der Waals surface area contributed by atoms with Crippen molar-refractivity contribution in [1.29, 1.82) is 0 Å². The summed E-state index contributed by atoms with van der Waals surface area (Å²) in [5.74, 6) is 1.71. The van der Waals surface area contributed by atoms with Crippen LogP contribution in [0.25, 0.3) is 12.2 Å². The molecule has 1 heterocycles. The highest BCUT2D eigenvalue weighted by Crippen LogP contribution is 2.30. The number of nitrogens with one attached hydrogen (secondary N) is 1. The van der Waals surface area contributed by atoms with Crippen molar-refractivity contribution in [2.24, 2.45) is 0 Å². The summed E-state index contributed by atoms with van der Waals surface area (Å²) in [4.78, 5) is 0. The second kappa shape index (κ2) is 8.19. The number of unbranched alkanes of at least 4 members (excludes halogenated alkanes) is 1. The highest BCUT2D eigenvalue weighted by molar-refractivity contribution is 6.71. The van der Waals surface area contributed by atoms with Gasteiger partial charge in [-0.25, -0.2) is 0 Å². The Balaban J connectivity index is 2.25. The van der Waals surface area contributed by atoms with Crippen molar-refractivity contribution in [1.82, 2.24) is 10.2 Å². The standard InChI is InChI=1S/C19H28N2O2Si/c1-6-7-12-24(4,5)23-19-14-18(22-3)11-9-16(19)8-10-17-13-15(2)20-21-17/h8-11,13-14H,6-7,12H2,1-5H3,(H,20,21)/b10-8+. The minimum absolute atomic E-state index is 0.818. The number of aryl methyl sites for hydroxylation is 1. The van der Waals surface area contributed by atoms with Gasteiger partial charge in [0.25, 0.3) is 0 Å². The third kappa shape index (κ3) is 5.27. The van der Waals surface area contributed by atoms with Crippen molar-refractivity contribution in [2.75, 3.05) is 7.11 Å². The molecule has 2 aromatic rings. The van der Waals surface area contributed by atoms with E-state index in [0.29, 0.717) is 0 Å². The highest BCUT2D eigenvalue weighted by atomic mass is 28.4. The van der Waals surface area contributed by atoms with E-state index in [0.717, 1.165) is 34.5 Å². The lowest BCUT2D eigenvalue weighted by Gasteiger charge is -2.25. The SMILES string of the molecule is CCCC[Si](C)(C)Oc1cc(OC)ccc1/C=C/c1cc(C)[nH]n1. The molecule has 0 atom stereocenters. The Bertz CT molecular complexity index is 692. The summed E-state index contributed by atoms with van der Waals surface area (Å²) in [6.07, 6.45) is 6.46. The van der Waals surface area contributed by atoms with Crippen LogP contribution in [0.5, 0.6) is 11.5 Å². The van der Waals surface area contributed by atoms with E-state index >= 15 is 0 Å². The Labute approximate surface area is 146 Å². The second-order valence-electron chi connectivity index (χ2n) is 6.68. The van der Waals surface area contributed by atoms with Crippen LogP contribution in [0.4, 0.5) is 0 Å². The van der Waals surface area contributed by atoms with Gasteiger partial charge in [-0.05, 0) is 56.4 Å². The van der Waals surface area contributed by atoms with Crippen LogP contribution in [0.3, 0.4) is 0 Å². The molecule has 0 spiro atoms. The lowest BCUT2D eigenvalue weighted by Crippen LogP contribution is -2.34. The van der Waals surface area contributed by atoms with E-state index in [4.69, 9.17) is 9.16 Å². The van der Waals surface area contributed by atoms with Gasteiger partial charge in [0.15, 0.2) is 0 Å². The van der Waals surface area contributed by atoms with Crippen molar-refractivity contribution < 1.29 is 9.16 Å². The fourth-order valence-corrected chi connectivity index (χ4v) is 4.60. The maximum absolute atomic E-state index is 6.45. The first-order valence-electron chi connectivity index (χ1n) is 8.50. The maximum Gasteiger partial charge on any atom is 0.245 e. The monoisotopic (exact) mass is 344 g/mol. The fourth-order valence-electron chi connectivity index (χ4n) is 2.52. The number of hydrogen-bond donors (Lipinski definition) is 1. The minimum Gasteiger partial charge on any atom is -0.544 e. The molecule has 0 amide bonds. The van der Waals surface area contributed by atoms with E-state index in [1.807, 2.05) is 37.3 Å². The van der Waals surface area contributed by atoms with Crippen molar-refractivity contribution in [3.05, 3.63) is 41.2 Å². The minimum atomic E-state index is -1.75. The highest BCUT2D eigenvalue weighted by Gasteiger charge is 2.24. The van der Waals surface area contributed by atoms with E-state index in [2.05, 4.69) is 36.3 Å². The summed E-state index contributed by atoms with van der Waals surface area (Å²) in [6, 6.07) is 9.15. The molecule has 0 aliphatic heterocycles. The molecule has 0 fully saturated rings. The van der Waals surface area contributed by atoms with Crippen LogP contribution in [0.1, 0.15) is 36.7 Å². The normalized spacial score (nSPS) is 11.9. The molecule has 0 saturated carbocycles. The third-order valence-electron chi connectivity index (χ3n) is 3.90. The van der Waals surface area contributed by atoms with Gasteiger partial charge in [-0.1, -0.05) is 19.8 Å². The summed E-state index contributed by atoms with van der Waals surface area (Å²) < 4.78 is 11.8. The van der Waals surface area contributed by atoms with Gasteiger partial charge in [0.1, 0.15) is 11.5 Å². The number of ether oxygens (including phenoxy) is 1. The largest absolute Gasteiger partial charge is 0.544 e. The van der Waals surface area contributed by atoms with Crippen LogP contribution in [0.2, 0.25) is 19.1 Å². The second-order valence-corrected chi connectivity index (χ2v) is 10.9. The molecule has 0 bridgehead atoms. The number of hydrogen-bond acceptors (Lipinski definition) is 3. The van der Waals surface area contributed by atoms with Gasteiger partial charge in [0.2, 0.25) is 8.32 Å². The maximum atomic E-state index is 6.45. The van der Waals surface area contributed by atoms with Crippen LogP contribution in [-0.4, -0.2) is 25.6 Å². The summed E-state index contributed by atoms with van der Waals surface area (Å²) in [7, 11) is -0.0663. The molecule has 2 rings (SSSR count). The van der Waals surface area contributed by atoms with Crippen molar-refractivity contribution in [2.45, 2.75) is 45.8 Å². The average molecular weight is 345 g/mol. The fraction of sp³-hybridized carbons (Fsp3) is 0.421. The van der Waals surface area contributed by atoms with Gasteiger partial charge >= 0.3 is 0 Å². The van der Waals surface area contributed by atoms with Gasteiger partial charge < -0.3 is 9.16 Å². The van der Waals surface area contributed by atoms with Gasteiger partial charge in [-0.3, -0.25) is 5.10 Å². The van der Waals surface area contributed by atoms with E-state index in [9.17, 15) is 0 Å². The number of benzene rings is 1. The average Bonchev–Trinajstić information content (AvgIpc) is 2.97. The Kier molecular flexibility index (Phi) is 6.26. The van der Waals surface area contributed by atoms with Crippen LogP contribution < -0.4 is 9.16 Å². The quantitative estimate of drug-likeness (QED) is 0.663. The number of H-pyrrole nitrogens is 1. The van der Waals surface area contributed by atoms with Crippen LogP contribution >= 0.6 is 0 Å². The molecule has 130 valence electrons. The molecule has 0 radical (unpaired) electrons. The summed E-state index contributed by atoms with van der Waals surface area (Å²) in [5.41, 5.74) is 3.01. The zero-order valence-corrected chi connectivity index (χ0v) is 16.3. The van der Waals surface area contributed by atoms with Crippen LogP contribution in [-0.2, 0) is 0 Å². The molecule has 1 aromatic heterocycles. The Hall–Kier alpha value is -2.01. The molecular formula is C19H28N2O2Si. The first-order valence-corrected chi connectivity index (χ1v) is 11.6. The van der Waals surface area contributed by atoms with Gasteiger partial charge in [0.05, 0.1) is 12.8 Å². The molecule has 0 saturated heterocycles. The first kappa shape index (κ1) is 18.3. The zero-order chi connectivity index (χ0) is 17.6. The van der Waals surface area contributed by atoms with E-state index in [1.54, 1.807) is 7.11 Å². The number of rotatable bonds is 8. The number of nitrogens with zero attached hydrogens (tertiary/aromatic N) is 1. The van der Waals surface area contributed by atoms with Crippen LogP contribution in [0.15, 0.2) is 24.3 Å². The molecule has 0 unspecified atom stereocenters. The molecule has 1 N–H and O–H groups in total. The molecule has 5 heteroatoms. The summed E-state index contributed by atoms with van der Waals surface area (Å²) in [5, 5.41) is 7.19. The Morgan fingerprint density at radius 3 is 2.62 bits per heavy atom. The van der Waals surface area contributed by atoms with Crippen LogP contribution in [0, 0.1) is 6.92 Å². The van der Waals surface area contributed by atoms with Gasteiger partial charge in [-0.2, -0.15) is 5.10 Å². The zero-order valence-electron chi connectivity index (χ0n) is 15.3. The summed E-state index contributed by atoms with van der Waals surface area (Å²) in [6.45, 7) is 8.75. The lowest BCUT2D eigenvalue weighted by molar-refractivity contribution is 0.411. The van der Waals surface area contributed by atoms with E-state index < -0.39 is 8.32 Å². The third-order valence-corrected chi connectivity index (χ3v) is 6.23. The molecule has 1 aromatic carbocycles. The molecule has 0 aliphatic carbocycles.